The van der Waals surface area contributed by atoms with Gasteiger partial charge >= 0.3 is 0 Å². The molecule has 0 saturated heterocycles. The molecule has 72 valence electrons. The Hall–Kier alpha value is -1.74. The van der Waals surface area contributed by atoms with Gasteiger partial charge in [0.15, 0.2) is 0 Å². The van der Waals surface area contributed by atoms with Crippen molar-refractivity contribution in [2.75, 3.05) is 7.11 Å². The first kappa shape index (κ1) is 10.3. The van der Waals surface area contributed by atoms with Crippen molar-refractivity contribution in [3.63, 3.8) is 0 Å². The van der Waals surface area contributed by atoms with E-state index in [-0.39, 0.29) is 21.9 Å². The van der Waals surface area contributed by atoms with Crippen molar-refractivity contribution in [2.45, 2.75) is 4.90 Å². The maximum Gasteiger partial charge on any atom is 0.287 e. The third-order valence-electron chi connectivity index (χ3n) is 1.60. The Morgan fingerprint density at radius 2 is 2.29 bits per heavy atom. The molecule has 0 aliphatic heterocycles. The van der Waals surface area contributed by atoms with Crippen molar-refractivity contribution in [1.29, 1.82) is 5.26 Å². The summed E-state index contributed by atoms with van der Waals surface area (Å²) in [5.74, 6) is 0.221. The molecule has 0 saturated carbocycles. The number of hydrogen-bond donors (Lipinski definition) is 1. The Kier molecular flexibility index (Phi) is 2.94. The Morgan fingerprint density at radius 1 is 1.64 bits per heavy atom. The zero-order chi connectivity index (χ0) is 10.7. The summed E-state index contributed by atoms with van der Waals surface area (Å²) >= 11 is 3.94. The van der Waals surface area contributed by atoms with E-state index in [0.717, 1.165) is 6.07 Å². The summed E-state index contributed by atoms with van der Waals surface area (Å²) in [6.07, 6.45) is 0. The molecular formula is C8H6N2O3S. The van der Waals surface area contributed by atoms with Gasteiger partial charge in [0.2, 0.25) is 0 Å². The predicted molar refractivity (Wildman–Crippen MR) is 51.6 cm³/mol. The summed E-state index contributed by atoms with van der Waals surface area (Å²) in [4.78, 5) is 10.1. The van der Waals surface area contributed by atoms with E-state index in [9.17, 15) is 10.1 Å². The lowest BCUT2D eigenvalue weighted by molar-refractivity contribution is -0.387. The topological polar surface area (TPSA) is 76.2 Å². The highest BCUT2D eigenvalue weighted by Gasteiger charge is 2.17. The van der Waals surface area contributed by atoms with Crippen molar-refractivity contribution in [3.8, 4) is 11.8 Å². The first-order valence-corrected chi connectivity index (χ1v) is 4.00. The van der Waals surface area contributed by atoms with Gasteiger partial charge in [-0.25, -0.2) is 0 Å². The lowest BCUT2D eigenvalue weighted by Gasteiger charge is -2.04. The second-order valence-corrected chi connectivity index (χ2v) is 2.86. The molecular weight excluding hydrogens is 204 g/mol. The second-order valence-electron chi connectivity index (χ2n) is 2.42. The van der Waals surface area contributed by atoms with Crippen LogP contribution in [0, 0.1) is 21.4 Å². The van der Waals surface area contributed by atoms with E-state index in [1.165, 1.54) is 13.2 Å². The molecule has 0 heterocycles. The average molecular weight is 210 g/mol. The number of benzene rings is 1. The fourth-order valence-corrected chi connectivity index (χ4v) is 1.25. The molecule has 0 aliphatic carbocycles. The zero-order valence-corrected chi connectivity index (χ0v) is 8.12. The lowest BCUT2D eigenvalue weighted by atomic mass is 10.2. The van der Waals surface area contributed by atoms with Crippen LogP contribution in [0.15, 0.2) is 17.0 Å². The van der Waals surface area contributed by atoms with Crippen LogP contribution in [0.25, 0.3) is 0 Å². The van der Waals surface area contributed by atoms with Crippen molar-refractivity contribution in [1.82, 2.24) is 0 Å². The number of nitro groups is 1. The van der Waals surface area contributed by atoms with Crippen molar-refractivity contribution in [3.05, 3.63) is 27.8 Å². The van der Waals surface area contributed by atoms with Gasteiger partial charge in [-0.3, -0.25) is 10.1 Å². The van der Waals surface area contributed by atoms with Crippen LogP contribution >= 0.6 is 12.6 Å². The largest absolute Gasteiger partial charge is 0.495 e. The predicted octanol–water partition coefficient (Wildman–Crippen LogP) is 1.76. The highest BCUT2D eigenvalue weighted by Crippen LogP contribution is 2.33. The number of nitriles is 1. The zero-order valence-electron chi connectivity index (χ0n) is 7.22. The van der Waals surface area contributed by atoms with Gasteiger partial charge in [-0.15, -0.1) is 12.6 Å². The van der Waals surface area contributed by atoms with Gasteiger partial charge in [-0.05, 0) is 6.07 Å². The van der Waals surface area contributed by atoms with Crippen molar-refractivity contribution in [2.24, 2.45) is 0 Å². The number of methoxy groups -OCH3 is 1. The lowest BCUT2D eigenvalue weighted by Crippen LogP contribution is -1.94. The minimum atomic E-state index is -0.605. The van der Waals surface area contributed by atoms with E-state index < -0.39 is 4.92 Å². The molecule has 1 rings (SSSR count). The SMILES string of the molecule is COc1cc(C#N)cc([N+](=O)[O-])c1S. The summed E-state index contributed by atoms with van der Waals surface area (Å²) in [7, 11) is 1.36. The Balaban J connectivity index is 3.44. The maximum absolute atomic E-state index is 10.5. The molecule has 0 unspecified atom stereocenters. The van der Waals surface area contributed by atoms with E-state index >= 15 is 0 Å². The van der Waals surface area contributed by atoms with E-state index in [0.29, 0.717) is 0 Å². The van der Waals surface area contributed by atoms with Gasteiger partial charge in [0, 0.05) is 6.07 Å². The van der Waals surface area contributed by atoms with Crippen LogP contribution in [0.4, 0.5) is 5.69 Å². The fraction of sp³-hybridized carbons (Fsp3) is 0.125. The molecule has 1 aromatic rings. The molecule has 0 fully saturated rings. The van der Waals surface area contributed by atoms with E-state index in [1.807, 2.05) is 0 Å². The summed E-state index contributed by atoms with van der Waals surface area (Å²) in [5, 5.41) is 19.2. The highest BCUT2D eigenvalue weighted by atomic mass is 32.1. The first-order chi connectivity index (χ1) is 6.60. The fourth-order valence-electron chi connectivity index (χ4n) is 0.952. The van der Waals surface area contributed by atoms with Crippen molar-refractivity contribution >= 4 is 18.3 Å². The van der Waals surface area contributed by atoms with Gasteiger partial charge in [-0.2, -0.15) is 5.26 Å². The number of rotatable bonds is 2. The summed E-state index contributed by atoms with van der Waals surface area (Å²) in [6.45, 7) is 0. The third-order valence-corrected chi connectivity index (χ3v) is 2.05. The Bertz CT molecular complexity index is 425. The molecule has 1 aromatic carbocycles. The molecule has 0 aromatic heterocycles. The number of nitrogens with zero attached hydrogens (tertiary/aromatic N) is 2. The standard InChI is InChI=1S/C8H6N2O3S/c1-13-7-3-5(4-9)2-6(8(7)14)10(11)12/h2-3,14H,1H3. The van der Waals surface area contributed by atoms with Crippen LogP contribution in [-0.2, 0) is 0 Å². The van der Waals surface area contributed by atoms with Crippen LogP contribution in [-0.4, -0.2) is 12.0 Å². The smallest absolute Gasteiger partial charge is 0.287 e. The molecule has 14 heavy (non-hydrogen) atoms. The normalized spacial score (nSPS) is 9.21. The Morgan fingerprint density at radius 3 is 2.71 bits per heavy atom. The van der Waals surface area contributed by atoms with E-state index in [2.05, 4.69) is 12.6 Å². The molecule has 5 nitrogen and oxygen atoms in total. The highest BCUT2D eigenvalue weighted by molar-refractivity contribution is 7.80. The minimum absolute atomic E-state index is 0.122. The van der Waals surface area contributed by atoms with E-state index in [1.54, 1.807) is 6.07 Å². The number of thiol groups is 1. The van der Waals surface area contributed by atoms with Crippen LogP contribution in [0.1, 0.15) is 5.56 Å². The number of nitro benzene ring substituents is 1. The molecule has 6 heteroatoms. The molecule has 0 atom stereocenters. The molecule has 0 radical (unpaired) electrons. The number of ether oxygens (including phenoxy) is 1. The number of hydrogen-bond acceptors (Lipinski definition) is 5. The van der Waals surface area contributed by atoms with Crippen LogP contribution in [0.5, 0.6) is 5.75 Å². The molecule has 0 bridgehead atoms. The monoisotopic (exact) mass is 210 g/mol. The van der Waals surface area contributed by atoms with Gasteiger partial charge in [0.05, 0.1) is 23.7 Å². The summed E-state index contributed by atoms with van der Waals surface area (Å²) in [6, 6.07) is 4.36. The quantitative estimate of drug-likeness (QED) is 0.458. The summed E-state index contributed by atoms with van der Waals surface area (Å²) in [5.41, 5.74) is -0.0596. The molecule has 0 amide bonds. The van der Waals surface area contributed by atoms with E-state index in [4.69, 9.17) is 10.00 Å². The van der Waals surface area contributed by atoms with Gasteiger partial charge in [0.1, 0.15) is 10.6 Å². The maximum atomic E-state index is 10.5. The summed E-state index contributed by atoms with van der Waals surface area (Å²) < 4.78 is 4.85. The van der Waals surface area contributed by atoms with Gasteiger partial charge < -0.3 is 4.74 Å². The molecule has 0 spiro atoms. The van der Waals surface area contributed by atoms with Crippen LogP contribution < -0.4 is 4.74 Å². The minimum Gasteiger partial charge on any atom is -0.495 e. The Labute approximate surface area is 85.5 Å². The molecule has 0 aliphatic rings. The second kappa shape index (κ2) is 3.98. The average Bonchev–Trinajstić information content (AvgIpc) is 2.17. The van der Waals surface area contributed by atoms with Gasteiger partial charge in [0.25, 0.3) is 5.69 Å². The first-order valence-electron chi connectivity index (χ1n) is 3.55. The van der Waals surface area contributed by atoms with Crippen LogP contribution in [0.3, 0.4) is 0 Å². The van der Waals surface area contributed by atoms with Crippen molar-refractivity contribution < 1.29 is 9.66 Å². The molecule has 0 N–H and O–H groups in total. The van der Waals surface area contributed by atoms with Gasteiger partial charge in [-0.1, -0.05) is 0 Å². The third kappa shape index (κ3) is 1.78. The van der Waals surface area contributed by atoms with Crippen LogP contribution in [0.2, 0.25) is 0 Å².